The maximum Gasteiger partial charge on any atom is 0.160 e. The lowest BCUT2D eigenvalue weighted by Crippen LogP contribution is -2.26. The Morgan fingerprint density at radius 1 is 1.11 bits per heavy atom. The Balaban J connectivity index is 1.41. The monoisotopic (exact) mass is 498 g/mol. The predicted octanol–water partition coefficient (Wildman–Crippen LogP) is 4.34. The van der Waals surface area contributed by atoms with Gasteiger partial charge in [-0.1, -0.05) is 6.07 Å². The fraction of sp³-hybridized carbons (Fsp3) is 0.321. The van der Waals surface area contributed by atoms with E-state index in [2.05, 4.69) is 43.7 Å². The summed E-state index contributed by atoms with van der Waals surface area (Å²) >= 11 is 0. The minimum Gasteiger partial charge on any atom is -0.323 e. The fourth-order valence-electron chi connectivity index (χ4n) is 5.36. The van der Waals surface area contributed by atoms with Crippen molar-refractivity contribution >= 4 is 22.1 Å². The number of pyridine rings is 1. The van der Waals surface area contributed by atoms with Gasteiger partial charge in [0.2, 0.25) is 0 Å². The molecule has 0 radical (unpaired) electrons. The van der Waals surface area contributed by atoms with E-state index in [1.54, 1.807) is 6.20 Å². The predicted molar refractivity (Wildman–Crippen MR) is 145 cm³/mol. The lowest BCUT2D eigenvalue weighted by Gasteiger charge is -2.23. The molecule has 2 aromatic carbocycles. The number of fused-ring (bicyclic) bond motifs is 2. The van der Waals surface area contributed by atoms with Crippen LogP contribution in [0.2, 0.25) is 0 Å². The lowest BCUT2D eigenvalue weighted by atomic mass is 9.89. The highest BCUT2D eigenvalue weighted by molar-refractivity contribution is 5.96. The van der Waals surface area contributed by atoms with E-state index in [9.17, 15) is 4.39 Å². The first-order chi connectivity index (χ1) is 18.0. The van der Waals surface area contributed by atoms with E-state index in [-0.39, 0.29) is 11.9 Å². The molecule has 1 saturated heterocycles. The van der Waals surface area contributed by atoms with Gasteiger partial charge in [-0.25, -0.2) is 14.4 Å². The third kappa shape index (κ3) is 4.61. The number of imidazole rings is 1. The second-order valence-electron chi connectivity index (χ2n) is 10.2. The van der Waals surface area contributed by atoms with E-state index in [0.29, 0.717) is 29.5 Å². The molecule has 3 aromatic heterocycles. The minimum absolute atomic E-state index is 0.305. The van der Waals surface area contributed by atoms with Crippen LogP contribution in [0.1, 0.15) is 35.9 Å². The first kappa shape index (κ1) is 23.7. The van der Waals surface area contributed by atoms with Crippen molar-refractivity contribution in [3.8, 4) is 22.6 Å². The van der Waals surface area contributed by atoms with Gasteiger partial charge in [0, 0.05) is 29.7 Å². The molecule has 1 fully saturated rings. The van der Waals surface area contributed by atoms with Crippen molar-refractivity contribution in [1.29, 1.82) is 0 Å². The SMILES string of the molecule is CN(C)CC(N)c1cc(F)cc(-c2ccnc3[nH]c(-c4n[nH]c5ccc(C6CCNCC6)cc45)nc23)c1. The van der Waals surface area contributed by atoms with Gasteiger partial charge < -0.3 is 20.9 Å². The number of aromatic nitrogens is 5. The van der Waals surface area contributed by atoms with Crippen molar-refractivity contribution in [1.82, 2.24) is 35.4 Å². The van der Waals surface area contributed by atoms with Crippen LogP contribution in [-0.4, -0.2) is 63.8 Å². The Morgan fingerprint density at radius 3 is 2.76 bits per heavy atom. The van der Waals surface area contributed by atoms with Gasteiger partial charge in [-0.3, -0.25) is 5.10 Å². The number of H-pyrrole nitrogens is 2. The molecule has 0 spiro atoms. The summed E-state index contributed by atoms with van der Waals surface area (Å²) in [6.07, 6.45) is 3.97. The Labute approximate surface area is 214 Å². The fourth-order valence-corrected chi connectivity index (χ4v) is 5.36. The molecule has 0 bridgehead atoms. The number of benzene rings is 2. The Morgan fingerprint density at radius 2 is 1.95 bits per heavy atom. The van der Waals surface area contributed by atoms with E-state index in [1.807, 2.05) is 31.1 Å². The van der Waals surface area contributed by atoms with Crippen molar-refractivity contribution < 1.29 is 4.39 Å². The van der Waals surface area contributed by atoms with Gasteiger partial charge in [0.05, 0.1) is 5.52 Å². The van der Waals surface area contributed by atoms with Crippen LogP contribution in [0.5, 0.6) is 0 Å². The number of hydrogen-bond donors (Lipinski definition) is 4. The molecule has 5 N–H and O–H groups in total. The molecule has 1 aliphatic heterocycles. The van der Waals surface area contributed by atoms with Gasteiger partial charge in [-0.05, 0) is 99.0 Å². The Kier molecular flexibility index (Phi) is 6.19. The molecule has 0 saturated carbocycles. The van der Waals surface area contributed by atoms with Crippen LogP contribution >= 0.6 is 0 Å². The summed E-state index contributed by atoms with van der Waals surface area (Å²) in [7, 11) is 3.90. The average molecular weight is 499 g/mol. The normalized spacial score (nSPS) is 15.7. The summed E-state index contributed by atoms with van der Waals surface area (Å²) in [5, 5.41) is 12.2. The third-order valence-electron chi connectivity index (χ3n) is 7.23. The summed E-state index contributed by atoms with van der Waals surface area (Å²) in [5.74, 6) is 0.842. The zero-order valence-corrected chi connectivity index (χ0v) is 21.1. The van der Waals surface area contributed by atoms with Gasteiger partial charge in [-0.2, -0.15) is 5.10 Å². The Hall–Kier alpha value is -3.66. The second-order valence-corrected chi connectivity index (χ2v) is 10.2. The molecule has 37 heavy (non-hydrogen) atoms. The van der Waals surface area contributed by atoms with E-state index >= 15 is 0 Å². The highest BCUT2D eigenvalue weighted by atomic mass is 19.1. The van der Waals surface area contributed by atoms with Crippen molar-refractivity contribution in [3.05, 3.63) is 65.6 Å². The van der Waals surface area contributed by atoms with Crippen molar-refractivity contribution in [2.75, 3.05) is 33.7 Å². The van der Waals surface area contributed by atoms with Gasteiger partial charge in [0.1, 0.15) is 17.0 Å². The summed E-state index contributed by atoms with van der Waals surface area (Å²) in [6.45, 7) is 2.70. The van der Waals surface area contributed by atoms with Crippen LogP contribution in [0.4, 0.5) is 4.39 Å². The summed E-state index contributed by atoms with van der Waals surface area (Å²) in [5.41, 5.74) is 12.9. The number of rotatable bonds is 6. The molecule has 0 aliphatic carbocycles. The topological polar surface area (TPSA) is 112 Å². The van der Waals surface area contributed by atoms with E-state index in [0.717, 1.165) is 59.2 Å². The summed E-state index contributed by atoms with van der Waals surface area (Å²) < 4.78 is 14.7. The molecule has 0 amide bonds. The van der Waals surface area contributed by atoms with Gasteiger partial charge in [0.15, 0.2) is 11.5 Å². The summed E-state index contributed by atoms with van der Waals surface area (Å²) in [6, 6.07) is 13.0. The molecule has 1 unspecified atom stereocenters. The molecule has 1 atom stereocenters. The van der Waals surface area contributed by atoms with Crippen LogP contribution < -0.4 is 11.1 Å². The zero-order chi connectivity index (χ0) is 25.5. The van der Waals surface area contributed by atoms with Gasteiger partial charge in [-0.15, -0.1) is 0 Å². The number of aromatic amines is 2. The zero-order valence-electron chi connectivity index (χ0n) is 21.1. The van der Waals surface area contributed by atoms with Crippen molar-refractivity contribution in [2.45, 2.75) is 24.8 Å². The first-order valence-electron chi connectivity index (χ1n) is 12.7. The van der Waals surface area contributed by atoms with Gasteiger partial charge in [0.25, 0.3) is 0 Å². The molecular formula is C28H31FN8. The standard InChI is InChI=1S/C28H31FN8/c1-37(2)15-23(30)19-11-18(12-20(29)13-19)21-7-10-32-27-25(21)33-28(34-27)26-22-14-17(3-4-24(22)35-36-26)16-5-8-31-9-6-16/h3-4,7,10-14,16,23,31H,5-6,8-9,15,30H2,1-2H3,(H,35,36)(H,32,33,34). The van der Waals surface area contributed by atoms with Crippen LogP contribution in [-0.2, 0) is 0 Å². The lowest BCUT2D eigenvalue weighted by molar-refractivity contribution is 0.376. The average Bonchev–Trinajstić information content (AvgIpc) is 3.52. The largest absolute Gasteiger partial charge is 0.323 e. The van der Waals surface area contributed by atoms with Crippen LogP contribution in [0.25, 0.3) is 44.7 Å². The molecule has 4 heterocycles. The van der Waals surface area contributed by atoms with Crippen LogP contribution in [0, 0.1) is 5.82 Å². The van der Waals surface area contributed by atoms with Crippen molar-refractivity contribution in [3.63, 3.8) is 0 Å². The molecular weight excluding hydrogens is 467 g/mol. The number of nitrogens with two attached hydrogens (primary N) is 1. The smallest absolute Gasteiger partial charge is 0.160 e. The maximum atomic E-state index is 14.7. The molecule has 8 nitrogen and oxygen atoms in total. The van der Waals surface area contributed by atoms with Gasteiger partial charge >= 0.3 is 0 Å². The highest BCUT2D eigenvalue weighted by Crippen LogP contribution is 2.34. The maximum absolute atomic E-state index is 14.7. The molecule has 190 valence electrons. The molecule has 9 heteroatoms. The van der Waals surface area contributed by atoms with E-state index in [1.165, 1.54) is 17.7 Å². The number of hydrogen-bond acceptors (Lipinski definition) is 6. The quantitative estimate of drug-likeness (QED) is 0.277. The van der Waals surface area contributed by atoms with Crippen LogP contribution in [0.3, 0.4) is 0 Å². The Bertz CT molecular complexity index is 1560. The highest BCUT2D eigenvalue weighted by Gasteiger charge is 2.20. The summed E-state index contributed by atoms with van der Waals surface area (Å²) in [4.78, 5) is 14.7. The second kappa shape index (κ2) is 9.66. The molecule has 1 aliphatic rings. The van der Waals surface area contributed by atoms with Crippen molar-refractivity contribution in [2.24, 2.45) is 5.73 Å². The number of nitrogens with one attached hydrogen (secondary N) is 3. The number of piperidine rings is 1. The van der Waals surface area contributed by atoms with E-state index < -0.39 is 0 Å². The van der Waals surface area contributed by atoms with Crippen LogP contribution in [0.15, 0.2) is 48.7 Å². The van der Waals surface area contributed by atoms with E-state index in [4.69, 9.17) is 10.7 Å². The number of likely N-dealkylation sites (N-methyl/N-ethyl adjacent to an activating group) is 1. The minimum atomic E-state index is -0.328. The molecule has 5 aromatic rings. The first-order valence-corrected chi connectivity index (χ1v) is 12.7. The number of halogens is 1. The molecule has 6 rings (SSSR count). The number of nitrogens with zero attached hydrogens (tertiary/aromatic N) is 4. The third-order valence-corrected chi connectivity index (χ3v) is 7.23.